The van der Waals surface area contributed by atoms with Gasteiger partial charge in [0.05, 0.1) is 0 Å². The molecule has 0 radical (unpaired) electrons. The van der Waals surface area contributed by atoms with Gasteiger partial charge in [0.2, 0.25) is 0 Å². The van der Waals surface area contributed by atoms with Crippen LogP contribution in [0.25, 0.3) is 0 Å². The molecule has 0 aromatic heterocycles. The van der Waals surface area contributed by atoms with Crippen LogP contribution in [0.2, 0.25) is 25.7 Å². The van der Waals surface area contributed by atoms with Gasteiger partial charge < -0.3 is 4.74 Å². The second kappa shape index (κ2) is 4.41. The molecule has 100 valence electrons. The van der Waals surface area contributed by atoms with Crippen LogP contribution in [0, 0.1) is 0 Å². The Hall–Kier alpha value is -0.763. The SMILES string of the molecule is CC(C)(C)c1ccc2c(c1)C[C@@H](C[Si](C)(C)C)O2. The normalized spacial score (nSPS) is 19.6. The Morgan fingerprint density at radius 1 is 1.22 bits per heavy atom. The molecule has 0 aliphatic carbocycles. The molecule has 2 rings (SSSR count). The average molecular weight is 262 g/mol. The zero-order valence-electron chi connectivity index (χ0n) is 12.6. The van der Waals surface area contributed by atoms with Gasteiger partial charge in [0.1, 0.15) is 11.9 Å². The summed E-state index contributed by atoms with van der Waals surface area (Å²) in [5.74, 6) is 1.12. The average Bonchev–Trinajstić information content (AvgIpc) is 2.53. The van der Waals surface area contributed by atoms with Gasteiger partial charge >= 0.3 is 0 Å². The summed E-state index contributed by atoms with van der Waals surface area (Å²) in [6.07, 6.45) is 1.52. The lowest BCUT2D eigenvalue weighted by atomic mass is 9.86. The van der Waals surface area contributed by atoms with Crippen molar-refractivity contribution >= 4 is 8.07 Å². The summed E-state index contributed by atoms with van der Waals surface area (Å²) >= 11 is 0. The Morgan fingerprint density at radius 3 is 2.44 bits per heavy atom. The molecule has 1 aromatic rings. The zero-order chi connectivity index (χ0) is 13.6. The van der Waals surface area contributed by atoms with Gasteiger partial charge in [0.15, 0.2) is 0 Å². The number of hydrogen-bond donors (Lipinski definition) is 0. The molecule has 1 aliphatic heterocycles. The first-order valence-corrected chi connectivity index (χ1v) is 10.7. The highest BCUT2D eigenvalue weighted by Crippen LogP contribution is 2.35. The van der Waals surface area contributed by atoms with E-state index in [-0.39, 0.29) is 5.41 Å². The number of hydrogen-bond acceptors (Lipinski definition) is 1. The van der Waals surface area contributed by atoms with Crippen molar-refractivity contribution in [2.24, 2.45) is 0 Å². The van der Waals surface area contributed by atoms with Crippen molar-refractivity contribution in [2.75, 3.05) is 0 Å². The van der Waals surface area contributed by atoms with E-state index in [1.807, 2.05) is 0 Å². The number of fused-ring (bicyclic) bond motifs is 1. The fraction of sp³-hybridized carbons (Fsp3) is 0.625. The molecule has 0 amide bonds. The molecule has 1 aromatic carbocycles. The summed E-state index contributed by atoms with van der Waals surface area (Å²) in [6, 6.07) is 7.99. The highest BCUT2D eigenvalue weighted by molar-refractivity contribution is 6.76. The van der Waals surface area contributed by atoms with Crippen molar-refractivity contribution < 1.29 is 4.74 Å². The summed E-state index contributed by atoms with van der Waals surface area (Å²) in [6.45, 7) is 14.1. The minimum Gasteiger partial charge on any atom is -0.490 e. The minimum absolute atomic E-state index is 0.228. The molecule has 0 saturated carbocycles. The van der Waals surface area contributed by atoms with Gasteiger partial charge in [-0.15, -0.1) is 0 Å². The molecule has 1 aliphatic rings. The standard InChI is InChI=1S/C16H26OSi/c1-16(2,3)13-7-8-15-12(9-13)10-14(17-15)11-18(4,5)6/h7-9,14H,10-11H2,1-6H3/t14-/m0/s1. The molecule has 2 heteroatoms. The van der Waals surface area contributed by atoms with Gasteiger partial charge in [0.25, 0.3) is 0 Å². The molecule has 1 heterocycles. The van der Waals surface area contributed by atoms with Crippen LogP contribution in [0.1, 0.15) is 31.9 Å². The molecule has 0 unspecified atom stereocenters. The van der Waals surface area contributed by atoms with Crippen molar-refractivity contribution in [3.8, 4) is 5.75 Å². The summed E-state index contributed by atoms with van der Waals surface area (Å²) in [7, 11) is -1.04. The largest absolute Gasteiger partial charge is 0.490 e. The van der Waals surface area contributed by atoms with Crippen molar-refractivity contribution in [2.45, 2.75) is 64.4 Å². The topological polar surface area (TPSA) is 9.23 Å². The van der Waals surface area contributed by atoms with Crippen LogP contribution in [-0.2, 0) is 11.8 Å². The smallest absolute Gasteiger partial charge is 0.123 e. The van der Waals surface area contributed by atoms with E-state index in [0.717, 1.165) is 12.2 Å². The maximum absolute atomic E-state index is 6.09. The fourth-order valence-corrected chi connectivity index (χ4v) is 4.18. The van der Waals surface area contributed by atoms with Gasteiger partial charge in [0, 0.05) is 14.5 Å². The third kappa shape index (κ3) is 3.17. The summed E-state index contributed by atoms with van der Waals surface area (Å²) in [5, 5.41) is 0. The number of ether oxygens (including phenoxy) is 1. The zero-order valence-corrected chi connectivity index (χ0v) is 13.6. The van der Waals surface area contributed by atoms with E-state index in [4.69, 9.17) is 4.74 Å². The maximum atomic E-state index is 6.09. The van der Waals surface area contributed by atoms with E-state index >= 15 is 0 Å². The summed E-state index contributed by atoms with van der Waals surface area (Å²) in [5.41, 5.74) is 3.05. The van der Waals surface area contributed by atoms with Crippen molar-refractivity contribution in [1.82, 2.24) is 0 Å². The van der Waals surface area contributed by atoms with Crippen molar-refractivity contribution in [3.05, 3.63) is 29.3 Å². The van der Waals surface area contributed by atoms with E-state index in [0.29, 0.717) is 6.10 Å². The van der Waals surface area contributed by atoms with Crippen LogP contribution in [0.5, 0.6) is 5.75 Å². The molecule has 0 bridgehead atoms. The Bertz CT molecular complexity index is 437. The van der Waals surface area contributed by atoms with E-state index in [1.54, 1.807) is 0 Å². The Morgan fingerprint density at radius 2 is 1.89 bits per heavy atom. The van der Waals surface area contributed by atoms with Gasteiger partial charge in [-0.2, -0.15) is 0 Å². The van der Waals surface area contributed by atoms with Gasteiger partial charge in [-0.1, -0.05) is 52.5 Å². The molecule has 1 atom stereocenters. The first-order chi connectivity index (χ1) is 8.15. The van der Waals surface area contributed by atoms with Gasteiger partial charge in [-0.3, -0.25) is 0 Å². The molecule has 0 N–H and O–H groups in total. The van der Waals surface area contributed by atoms with Crippen LogP contribution in [0.15, 0.2) is 18.2 Å². The first kappa shape index (κ1) is 13.7. The monoisotopic (exact) mass is 262 g/mol. The Kier molecular flexibility index (Phi) is 3.35. The lowest BCUT2D eigenvalue weighted by molar-refractivity contribution is 0.252. The quantitative estimate of drug-likeness (QED) is 0.706. The lowest BCUT2D eigenvalue weighted by Gasteiger charge is -2.20. The summed E-state index contributed by atoms with van der Waals surface area (Å²) < 4.78 is 6.09. The molecule has 0 spiro atoms. The van der Waals surface area contributed by atoms with Gasteiger partial charge in [-0.05, 0) is 28.7 Å². The lowest BCUT2D eigenvalue weighted by Crippen LogP contribution is -2.29. The third-order valence-corrected chi connectivity index (χ3v) is 5.19. The molecule has 0 fully saturated rings. The maximum Gasteiger partial charge on any atom is 0.123 e. The second-order valence-corrected chi connectivity index (χ2v) is 13.3. The Balaban J connectivity index is 2.16. The van der Waals surface area contributed by atoms with Crippen molar-refractivity contribution in [1.29, 1.82) is 0 Å². The van der Waals surface area contributed by atoms with Crippen LogP contribution in [-0.4, -0.2) is 14.2 Å². The third-order valence-electron chi connectivity index (χ3n) is 3.51. The van der Waals surface area contributed by atoms with Crippen molar-refractivity contribution in [3.63, 3.8) is 0 Å². The van der Waals surface area contributed by atoms with E-state index in [1.165, 1.54) is 17.2 Å². The Labute approximate surface area is 113 Å². The predicted octanol–water partition coefficient (Wildman–Crippen LogP) is 4.63. The van der Waals surface area contributed by atoms with Crippen LogP contribution in [0.3, 0.4) is 0 Å². The molecule has 18 heavy (non-hydrogen) atoms. The highest BCUT2D eigenvalue weighted by atomic mass is 28.3. The predicted molar refractivity (Wildman–Crippen MR) is 81.4 cm³/mol. The molecular weight excluding hydrogens is 236 g/mol. The van der Waals surface area contributed by atoms with Crippen LogP contribution in [0.4, 0.5) is 0 Å². The molecule has 0 saturated heterocycles. The highest BCUT2D eigenvalue weighted by Gasteiger charge is 2.29. The number of rotatable bonds is 2. The summed E-state index contributed by atoms with van der Waals surface area (Å²) in [4.78, 5) is 0. The minimum atomic E-state index is -1.04. The number of benzene rings is 1. The molecular formula is C16H26OSi. The first-order valence-electron chi connectivity index (χ1n) is 6.95. The molecule has 1 nitrogen and oxygen atoms in total. The fourth-order valence-electron chi connectivity index (χ4n) is 2.58. The van der Waals surface area contributed by atoms with E-state index < -0.39 is 8.07 Å². The van der Waals surface area contributed by atoms with Crippen LogP contribution < -0.4 is 4.74 Å². The van der Waals surface area contributed by atoms with E-state index in [9.17, 15) is 0 Å². The van der Waals surface area contributed by atoms with Gasteiger partial charge in [-0.25, -0.2) is 0 Å². The second-order valence-electron chi connectivity index (χ2n) is 7.78. The van der Waals surface area contributed by atoms with Crippen LogP contribution >= 0.6 is 0 Å². The van der Waals surface area contributed by atoms with E-state index in [2.05, 4.69) is 58.6 Å².